The van der Waals surface area contributed by atoms with E-state index in [1.54, 1.807) is 17.0 Å². The highest BCUT2D eigenvalue weighted by atomic mass is 16.2. The zero-order valence-electron chi connectivity index (χ0n) is 15.9. The molecule has 1 aliphatic rings. The highest BCUT2D eigenvalue weighted by molar-refractivity contribution is 6.24. The maximum atomic E-state index is 12.9. The van der Waals surface area contributed by atoms with Crippen LogP contribution in [-0.2, 0) is 6.54 Å². The van der Waals surface area contributed by atoms with E-state index in [-0.39, 0.29) is 11.8 Å². The average Bonchev–Trinajstić information content (AvgIpc) is 3.00. The molecule has 1 aliphatic heterocycles. The van der Waals surface area contributed by atoms with Gasteiger partial charge in [-0.2, -0.15) is 5.10 Å². The van der Waals surface area contributed by atoms with Crippen LogP contribution in [0.5, 0.6) is 0 Å². The molecule has 0 aliphatic carbocycles. The van der Waals surface area contributed by atoms with Crippen molar-refractivity contribution in [3.8, 4) is 0 Å². The smallest absolute Gasteiger partial charge is 0.271 e. The molecule has 3 aromatic rings. The average molecular weight is 371 g/mol. The van der Waals surface area contributed by atoms with Crippen LogP contribution in [-0.4, -0.2) is 17.5 Å². The summed E-state index contributed by atoms with van der Waals surface area (Å²) >= 11 is 0. The van der Waals surface area contributed by atoms with Crippen LogP contribution in [0.15, 0.2) is 65.8 Å². The van der Waals surface area contributed by atoms with Crippen molar-refractivity contribution in [2.45, 2.75) is 26.8 Å². The van der Waals surface area contributed by atoms with Crippen LogP contribution in [0.2, 0.25) is 0 Å². The highest BCUT2D eigenvalue weighted by Crippen LogP contribution is 2.37. The van der Waals surface area contributed by atoms with E-state index in [1.807, 2.05) is 62.4 Å². The van der Waals surface area contributed by atoms with E-state index in [2.05, 4.69) is 10.5 Å². The number of carbonyl (C=O) groups excluding carboxylic acids is 2. The molecule has 0 saturated carbocycles. The van der Waals surface area contributed by atoms with Crippen LogP contribution in [0.1, 0.15) is 46.5 Å². The zero-order chi connectivity index (χ0) is 19.7. The number of nitrogens with one attached hydrogen (secondary N) is 1. The Morgan fingerprint density at radius 3 is 2.46 bits per heavy atom. The number of carbonyl (C=O) groups is 2. The summed E-state index contributed by atoms with van der Waals surface area (Å²) in [5.74, 6) is -0.230. The third kappa shape index (κ3) is 3.16. The Kier molecular flexibility index (Phi) is 4.65. The topological polar surface area (TPSA) is 61.8 Å². The first-order chi connectivity index (χ1) is 13.6. The number of rotatable bonds is 5. The van der Waals surface area contributed by atoms with Crippen molar-refractivity contribution in [3.05, 3.63) is 77.4 Å². The van der Waals surface area contributed by atoms with Crippen molar-refractivity contribution in [1.82, 2.24) is 5.43 Å². The molecule has 1 heterocycles. The van der Waals surface area contributed by atoms with Crippen LogP contribution < -0.4 is 10.3 Å². The summed E-state index contributed by atoms with van der Waals surface area (Å²) in [6.45, 7) is 4.31. The van der Waals surface area contributed by atoms with Gasteiger partial charge in [0.05, 0.1) is 12.2 Å². The molecule has 0 aromatic heterocycles. The van der Waals surface area contributed by atoms with E-state index in [4.69, 9.17) is 0 Å². The van der Waals surface area contributed by atoms with E-state index >= 15 is 0 Å². The summed E-state index contributed by atoms with van der Waals surface area (Å²) in [5.41, 5.74) is 6.60. The summed E-state index contributed by atoms with van der Waals surface area (Å²) in [6.07, 6.45) is 0.790. The summed E-state index contributed by atoms with van der Waals surface area (Å²) < 4.78 is 0. The van der Waals surface area contributed by atoms with Crippen LogP contribution in [0, 0.1) is 0 Å². The second kappa shape index (κ2) is 7.27. The Morgan fingerprint density at radius 2 is 1.75 bits per heavy atom. The van der Waals surface area contributed by atoms with Crippen LogP contribution >= 0.6 is 0 Å². The largest absolute Gasteiger partial charge is 0.303 e. The van der Waals surface area contributed by atoms with Crippen molar-refractivity contribution in [2.24, 2.45) is 5.10 Å². The first-order valence-corrected chi connectivity index (χ1v) is 9.34. The number of hydrogen-bond donors (Lipinski definition) is 1. The minimum absolute atomic E-state index is 0.0120. The molecule has 140 valence electrons. The third-order valence-electron chi connectivity index (χ3n) is 5.07. The Morgan fingerprint density at radius 1 is 1.04 bits per heavy atom. The van der Waals surface area contributed by atoms with Gasteiger partial charge in [-0.25, -0.2) is 5.43 Å². The van der Waals surface area contributed by atoms with E-state index in [0.717, 1.165) is 39.7 Å². The van der Waals surface area contributed by atoms with Crippen LogP contribution in [0.3, 0.4) is 0 Å². The first kappa shape index (κ1) is 17.9. The summed E-state index contributed by atoms with van der Waals surface area (Å²) in [5, 5.41) is 6.12. The Balaban J connectivity index is 1.54. The molecule has 5 heteroatoms. The molecule has 0 spiro atoms. The Hall–Kier alpha value is -3.47. The highest BCUT2D eigenvalue weighted by Gasteiger charge is 2.29. The van der Waals surface area contributed by atoms with Gasteiger partial charge in [0.2, 0.25) is 0 Å². The molecule has 2 amide bonds. The first-order valence-electron chi connectivity index (χ1n) is 9.34. The maximum Gasteiger partial charge on any atom is 0.271 e. The second-order valence-corrected chi connectivity index (χ2v) is 6.91. The number of hydrazone groups is 1. The van der Waals surface area contributed by atoms with Crippen molar-refractivity contribution in [2.75, 3.05) is 4.90 Å². The summed E-state index contributed by atoms with van der Waals surface area (Å²) in [4.78, 5) is 26.8. The van der Waals surface area contributed by atoms with Crippen LogP contribution in [0.4, 0.5) is 5.69 Å². The molecule has 4 rings (SSSR count). The second-order valence-electron chi connectivity index (χ2n) is 6.91. The van der Waals surface area contributed by atoms with Crippen molar-refractivity contribution >= 4 is 34.0 Å². The SMILES string of the molecule is CC/C(C)=N\NC(=O)c1ccc(CN2C(=O)c3cccc4cccc2c34)cc1. The summed E-state index contributed by atoms with van der Waals surface area (Å²) in [7, 11) is 0. The van der Waals surface area contributed by atoms with Crippen LogP contribution in [0.25, 0.3) is 10.8 Å². The van der Waals surface area contributed by atoms with Crippen molar-refractivity contribution in [1.29, 1.82) is 0 Å². The monoisotopic (exact) mass is 371 g/mol. The zero-order valence-corrected chi connectivity index (χ0v) is 15.9. The third-order valence-corrected chi connectivity index (χ3v) is 5.07. The molecule has 0 radical (unpaired) electrons. The van der Waals surface area contributed by atoms with Gasteiger partial charge in [-0.15, -0.1) is 0 Å². The molecule has 28 heavy (non-hydrogen) atoms. The lowest BCUT2D eigenvalue weighted by atomic mass is 10.1. The molecule has 0 unspecified atom stereocenters. The fourth-order valence-electron chi connectivity index (χ4n) is 3.37. The van der Waals surface area contributed by atoms with Gasteiger partial charge in [0, 0.05) is 22.2 Å². The number of nitrogens with zero attached hydrogens (tertiary/aromatic N) is 2. The molecular formula is C23H21N3O2. The molecule has 3 aromatic carbocycles. The van der Waals surface area contributed by atoms with Gasteiger partial charge < -0.3 is 4.90 Å². The van der Waals surface area contributed by atoms with Gasteiger partial charge in [0.1, 0.15) is 0 Å². The molecule has 0 atom stereocenters. The van der Waals surface area contributed by atoms with E-state index in [9.17, 15) is 9.59 Å². The number of hydrogen-bond acceptors (Lipinski definition) is 3. The lowest BCUT2D eigenvalue weighted by Crippen LogP contribution is -2.26. The normalized spacial score (nSPS) is 13.3. The van der Waals surface area contributed by atoms with Gasteiger partial charge >= 0.3 is 0 Å². The molecule has 0 saturated heterocycles. The molecule has 0 bridgehead atoms. The molecule has 5 nitrogen and oxygen atoms in total. The molecular weight excluding hydrogens is 350 g/mol. The van der Waals surface area contributed by atoms with E-state index < -0.39 is 0 Å². The number of benzene rings is 3. The van der Waals surface area contributed by atoms with Gasteiger partial charge in [-0.1, -0.05) is 43.3 Å². The standard InChI is InChI=1S/C23H21N3O2/c1-3-15(2)24-25-22(27)18-12-10-16(11-13-18)14-26-20-9-5-7-17-6-4-8-19(21(17)20)23(26)28/h4-13H,3,14H2,1-2H3,(H,25,27)/b24-15-. The van der Waals surface area contributed by atoms with Crippen molar-refractivity contribution < 1.29 is 9.59 Å². The minimum Gasteiger partial charge on any atom is -0.303 e. The summed E-state index contributed by atoms with van der Waals surface area (Å²) in [6, 6.07) is 19.1. The predicted molar refractivity (Wildman–Crippen MR) is 112 cm³/mol. The maximum absolute atomic E-state index is 12.9. The fraction of sp³-hybridized carbons (Fsp3) is 0.174. The van der Waals surface area contributed by atoms with E-state index in [1.165, 1.54) is 0 Å². The lowest BCUT2D eigenvalue weighted by molar-refractivity contribution is 0.0952. The quantitative estimate of drug-likeness (QED) is 0.530. The number of anilines is 1. The van der Waals surface area contributed by atoms with Gasteiger partial charge in [0.15, 0.2) is 0 Å². The Labute approximate surface area is 163 Å². The predicted octanol–water partition coefficient (Wildman–Crippen LogP) is 4.52. The fourth-order valence-corrected chi connectivity index (χ4v) is 3.37. The van der Waals surface area contributed by atoms with Gasteiger partial charge in [-0.3, -0.25) is 9.59 Å². The molecule has 0 fully saturated rings. The van der Waals surface area contributed by atoms with Gasteiger partial charge in [-0.05, 0) is 48.6 Å². The number of amides is 2. The molecule has 1 N–H and O–H groups in total. The van der Waals surface area contributed by atoms with Gasteiger partial charge in [0.25, 0.3) is 11.8 Å². The Bertz CT molecular complexity index is 1100. The van der Waals surface area contributed by atoms with Crippen molar-refractivity contribution in [3.63, 3.8) is 0 Å². The lowest BCUT2D eigenvalue weighted by Gasteiger charge is -2.18. The minimum atomic E-state index is -0.242. The van der Waals surface area contributed by atoms with E-state index in [0.29, 0.717) is 12.1 Å².